The summed E-state index contributed by atoms with van der Waals surface area (Å²) >= 11 is 1.86. The Morgan fingerprint density at radius 2 is 1.07 bits per heavy atom. The minimum atomic E-state index is 0.938. The summed E-state index contributed by atoms with van der Waals surface area (Å²) in [6, 6.07) is 52.0. The van der Waals surface area contributed by atoms with Crippen molar-refractivity contribution in [3.8, 4) is 11.1 Å². The lowest BCUT2D eigenvalue weighted by molar-refractivity contribution is -0.475. The van der Waals surface area contributed by atoms with Crippen LogP contribution in [0.1, 0.15) is 11.1 Å². The van der Waals surface area contributed by atoms with Crippen LogP contribution >= 0.6 is 11.3 Å². The zero-order valence-electron chi connectivity index (χ0n) is 22.6. The normalized spacial score (nSPS) is 13.3. The van der Waals surface area contributed by atoms with Gasteiger partial charge in [0.25, 0.3) is 11.7 Å². The molecule has 1 aliphatic rings. The molecular formula is C38H24N3S+. The number of amidine groups is 2. The number of benzene rings is 6. The van der Waals surface area contributed by atoms with Crippen LogP contribution in [0.5, 0.6) is 0 Å². The van der Waals surface area contributed by atoms with Gasteiger partial charge in [-0.25, -0.2) is 0 Å². The summed E-state index contributed by atoms with van der Waals surface area (Å²) in [6.07, 6.45) is 0. The molecule has 0 aliphatic carbocycles. The highest BCUT2D eigenvalue weighted by Gasteiger charge is 2.35. The van der Waals surface area contributed by atoms with Crippen LogP contribution in [-0.2, 0) is 0 Å². The van der Waals surface area contributed by atoms with Gasteiger partial charge >= 0.3 is 0 Å². The summed E-state index contributed by atoms with van der Waals surface area (Å²) in [6.45, 7) is 0. The van der Waals surface area contributed by atoms with Crippen molar-refractivity contribution in [1.82, 2.24) is 4.68 Å². The van der Waals surface area contributed by atoms with Crippen LogP contribution in [0.15, 0.2) is 151 Å². The SMILES string of the molecule is c1ccc(C2=NC(c3ccc(-c4ccccc4)cc3)=[N+]2n2c3ccccc3c3cc4c(cc32)sc2ccccc24)cc1. The van der Waals surface area contributed by atoms with Crippen LogP contribution in [-0.4, -0.2) is 21.0 Å². The molecule has 4 heteroatoms. The van der Waals surface area contributed by atoms with E-state index in [1.807, 2.05) is 11.3 Å². The number of rotatable bonds is 4. The largest absolute Gasteiger partial charge is 0.296 e. The lowest BCUT2D eigenvalue weighted by Crippen LogP contribution is -2.41. The van der Waals surface area contributed by atoms with Crippen LogP contribution < -0.4 is 0 Å². The van der Waals surface area contributed by atoms with E-state index in [9.17, 15) is 0 Å². The topological polar surface area (TPSA) is 20.3 Å². The molecule has 0 saturated heterocycles. The van der Waals surface area contributed by atoms with E-state index in [4.69, 9.17) is 4.99 Å². The van der Waals surface area contributed by atoms with Crippen LogP contribution in [0.2, 0.25) is 0 Å². The number of thiophene rings is 1. The van der Waals surface area contributed by atoms with E-state index in [2.05, 4.69) is 155 Å². The number of aromatic nitrogens is 1. The number of aliphatic imine (C=N–C) groups is 1. The van der Waals surface area contributed by atoms with Crippen molar-refractivity contribution in [1.29, 1.82) is 0 Å². The first-order valence-corrected chi connectivity index (χ1v) is 15.0. The van der Waals surface area contributed by atoms with Gasteiger partial charge in [-0.05, 0) is 59.7 Å². The maximum absolute atomic E-state index is 5.15. The predicted molar refractivity (Wildman–Crippen MR) is 177 cm³/mol. The molecule has 8 aromatic rings. The van der Waals surface area contributed by atoms with Crippen LogP contribution in [0.4, 0.5) is 0 Å². The minimum Gasteiger partial charge on any atom is -0.198 e. The quantitative estimate of drug-likeness (QED) is 0.193. The molecule has 0 fully saturated rings. The van der Waals surface area contributed by atoms with Gasteiger partial charge < -0.3 is 0 Å². The lowest BCUT2D eigenvalue weighted by atomic mass is 10.0. The molecule has 2 aromatic heterocycles. The Balaban J connectivity index is 1.31. The molecule has 0 N–H and O–H groups in total. The molecular weight excluding hydrogens is 531 g/mol. The molecule has 0 atom stereocenters. The van der Waals surface area contributed by atoms with Crippen molar-refractivity contribution in [3.63, 3.8) is 0 Å². The van der Waals surface area contributed by atoms with Gasteiger partial charge in [0.1, 0.15) is 0 Å². The molecule has 0 radical (unpaired) electrons. The van der Waals surface area contributed by atoms with E-state index < -0.39 is 0 Å². The van der Waals surface area contributed by atoms with Gasteiger partial charge in [-0.2, -0.15) is 4.68 Å². The fraction of sp³-hybridized carbons (Fsp3) is 0. The summed E-state index contributed by atoms with van der Waals surface area (Å²) in [7, 11) is 0. The maximum Gasteiger partial charge on any atom is 0.296 e. The highest BCUT2D eigenvalue weighted by molar-refractivity contribution is 7.25. The standard InChI is InChI=1S/C38H24N3S/c1-3-11-25(12-4-1)26-19-21-28(22-20-26)38-39-37(27-13-5-2-6-14-27)41(38)40-33-17-9-7-15-29(33)31-23-32-30-16-8-10-18-35(30)42-36(32)24-34(31)40/h1-24H/q+1. The van der Waals surface area contributed by atoms with Crippen molar-refractivity contribution in [2.24, 2.45) is 4.99 Å². The first-order chi connectivity index (χ1) is 20.8. The third-order valence-electron chi connectivity index (χ3n) is 8.24. The van der Waals surface area contributed by atoms with E-state index in [0.29, 0.717) is 0 Å². The van der Waals surface area contributed by atoms with Crippen LogP contribution in [0.25, 0.3) is 53.1 Å². The van der Waals surface area contributed by atoms with Crippen LogP contribution in [0.3, 0.4) is 0 Å². The molecule has 0 unspecified atom stereocenters. The molecule has 1 aliphatic heterocycles. The third kappa shape index (κ3) is 3.46. The number of fused-ring (bicyclic) bond motifs is 6. The Kier molecular flexibility index (Phi) is 5.07. The fourth-order valence-corrected chi connectivity index (χ4v) is 7.35. The summed E-state index contributed by atoms with van der Waals surface area (Å²) in [5.41, 5.74) is 6.93. The number of nitrogens with zero attached hydrogens (tertiary/aromatic N) is 3. The molecule has 3 nitrogen and oxygen atoms in total. The second-order valence-corrected chi connectivity index (χ2v) is 11.8. The highest BCUT2D eigenvalue weighted by atomic mass is 32.1. The molecule has 0 saturated carbocycles. The van der Waals surface area contributed by atoms with Gasteiger partial charge in [-0.3, -0.25) is 0 Å². The van der Waals surface area contributed by atoms with Gasteiger partial charge in [0.15, 0.2) is 0 Å². The second-order valence-electron chi connectivity index (χ2n) is 10.7. The molecule has 42 heavy (non-hydrogen) atoms. The van der Waals surface area contributed by atoms with E-state index in [1.165, 1.54) is 47.6 Å². The lowest BCUT2D eigenvalue weighted by Gasteiger charge is -2.21. The number of para-hydroxylation sites is 1. The van der Waals surface area contributed by atoms with Crippen molar-refractivity contribution in [2.75, 3.05) is 0 Å². The highest BCUT2D eigenvalue weighted by Crippen LogP contribution is 2.40. The molecule has 0 bridgehead atoms. The minimum absolute atomic E-state index is 0.938. The Morgan fingerprint density at radius 3 is 1.86 bits per heavy atom. The van der Waals surface area contributed by atoms with E-state index in [1.54, 1.807) is 0 Å². The van der Waals surface area contributed by atoms with Crippen molar-refractivity contribution < 1.29 is 4.68 Å². The summed E-state index contributed by atoms with van der Waals surface area (Å²) in [5.74, 6) is 1.88. The molecule has 9 rings (SSSR count). The maximum atomic E-state index is 5.15. The third-order valence-corrected chi connectivity index (χ3v) is 9.37. The molecule has 196 valence electrons. The summed E-state index contributed by atoms with van der Waals surface area (Å²) in [4.78, 5) is 5.15. The van der Waals surface area contributed by atoms with Crippen LogP contribution in [0, 0.1) is 0 Å². The van der Waals surface area contributed by atoms with Gasteiger partial charge in [0.2, 0.25) is 0 Å². The molecule has 3 heterocycles. The van der Waals surface area contributed by atoms with Crippen molar-refractivity contribution in [2.45, 2.75) is 0 Å². The Morgan fingerprint density at radius 1 is 0.452 bits per heavy atom. The average molecular weight is 555 g/mol. The van der Waals surface area contributed by atoms with Gasteiger partial charge in [-0.15, -0.1) is 16.0 Å². The molecule has 6 aromatic carbocycles. The van der Waals surface area contributed by atoms with E-state index in [-0.39, 0.29) is 0 Å². The second kappa shape index (κ2) is 9.10. The van der Waals surface area contributed by atoms with Crippen molar-refractivity contribution >= 4 is 65.0 Å². The molecule has 0 amide bonds. The number of hydrogen-bond acceptors (Lipinski definition) is 2. The van der Waals surface area contributed by atoms with Crippen molar-refractivity contribution in [3.05, 3.63) is 157 Å². The number of hydrogen-bond donors (Lipinski definition) is 0. The Bertz CT molecular complexity index is 2380. The Hall–Kier alpha value is -5.32. The predicted octanol–water partition coefficient (Wildman–Crippen LogP) is 9.51. The first-order valence-electron chi connectivity index (χ1n) is 14.2. The van der Waals surface area contributed by atoms with Gasteiger partial charge in [-0.1, -0.05) is 102 Å². The molecule has 0 spiro atoms. The fourth-order valence-electron chi connectivity index (χ4n) is 6.23. The Labute approximate surface area is 246 Å². The average Bonchev–Trinajstić information content (AvgIpc) is 3.56. The zero-order chi connectivity index (χ0) is 27.6. The van der Waals surface area contributed by atoms with Gasteiger partial charge in [0.05, 0.1) is 22.2 Å². The van der Waals surface area contributed by atoms with Gasteiger partial charge in [0, 0.05) is 30.9 Å². The first kappa shape index (κ1) is 23.4. The monoisotopic (exact) mass is 554 g/mol. The van der Waals surface area contributed by atoms with E-state index in [0.717, 1.165) is 28.3 Å². The summed E-state index contributed by atoms with van der Waals surface area (Å²) < 4.78 is 7.28. The zero-order valence-corrected chi connectivity index (χ0v) is 23.4. The van der Waals surface area contributed by atoms with E-state index >= 15 is 0 Å². The smallest absolute Gasteiger partial charge is 0.198 e. The summed E-state index contributed by atoms with van der Waals surface area (Å²) in [5, 5.41) is 5.12.